The number of halogens is 2. The molecular weight excluding hydrogens is 911 g/mol. The molecule has 0 atom stereocenters. The summed E-state index contributed by atoms with van der Waals surface area (Å²) in [5, 5.41) is 8.14. The second kappa shape index (κ2) is 20.7. The first kappa shape index (κ1) is 45.2. The maximum Gasteiger partial charge on any atom is 0.0920 e. The average molecular weight is 960 g/mol. The number of benzene rings is 8. The molecule has 11 rings (SSSR count). The summed E-state index contributed by atoms with van der Waals surface area (Å²) in [7, 11) is 10.7. The Morgan fingerprint density at radius 2 is 0.859 bits per heavy atom. The molecule has 10 aromatic rings. The van der Waals surface area contributed by atoms with E-state index in [1.807, 2.05) is 6.07 Å². The average Bonchev–Trinajstić information content (AvgIpc) is 4.03. The number of aryl methyl sites for hydroxylation is 6. The third-order valence-corrected chi connectivity index (χ3v) is 13.1. The van der Waals surface area contributed by atoms with Crippen molar-refractivity contribution >= 4 is 58.5 Å². The summed E-state index contributed by atoms with van der Waals surface area (Å²) in [6.45, 7) is 13.1. The van der Waals surface area contributed by atoms with Crippen LogP contribution in [0.4, 0.5) is 0 Å². The van der Waals surface area contributed by atoms with Crippen molar-refractivity contribution < 1.29 is 20.8 Å². The monoisotopic (exact) mass is 957 g/mol. The number of rotatable bonds is 4. The normalized spacial score (nSPS) is 11.1. The second-order valence-corrected chi connectivity index (χ2v) is 21.7. The predicted molar refractivity (Wildman–Crippen MR) is 277 cm³/mol. The van der Waals surface area contributed by atoms with Gasteiger partial charge in [0.1, 0.15) is 0 Å². The summed E-state index contributed by atoms with van der Waals surface area (Å²) in [6, 6.07) is 71.3. The summed E-state index contributed by atoms with van der Waals surface area (Å²) >= 11 is -0.826. The Hall–Kier alpha value is -5.34. The molecule has 1 aliphatic rings. The topological polar surface area (TPSA) is 0 Å². The van der Waals surface area contributed by atoms with E-state index in [1.54, 1.807) is 0 Å². The van der Waals surface area contributed by atoms with E-state index in [4.69, 9.17) is 17.0 Å². The summed E-state index contributed by atoms with van der Waals surface area (Å²) in [5.74, 6) is 0. The Morgan fingerprint density at radius 1 is 0.438 bits per heavy atom. The van der Waals surface area contributed by atoms with E-state index < -0.39 is 20.8 Å². The standard InChI is InChI=1S/2C24H21.C12H7Si.2ClH.Zr/c2*1-16-11-17(2)13-22(12-16)24-18(3)9-10-20-14-21(15-23(20)24)19-7-5-4-6-8-19;1-3-7-11-9(5-1)10-6-2-4-8-12(10)13-11;;;/h2*4-15H,1-3H3;1-7H;2*1H;/q3*-1;;;+2/p-2. The zero-order valence-corrected chi connectivity index (χ0v) is 42.1. The molecule has 10 aromatic carbocycles. The van der Waals surface area contributed by atoms with E-state index in [-0.39, 0.29) is 0 Å². The molecule has 1 heterocycles. The molecule has 0 amide bonds. The summed E-state index contributed by atoms with van der Waals surface area (Å²) < 4.78 is 0. The first-order valence-corrected chi connectivity index (χ1v) is 28.9. The third-order valence-electron chi connectivity index (χ3n) is 11.8. The zero-order valence-electron chi connectivity index (χ0n) is 37.2. The fourth-order valence-corrected chi connectivity index (χ4v) is 10.4. The molecule has 64 heavy (non-hydrogen) atoms. The fourth-order valence-electron chi connectivity index (χ4n) is 9.11. The molecule has 0 N–H and O–H groups in total. The Labute approximate surface area is 400 Å². The molecule has 0 aliphatic carbocycles. The minimum atomic E-state index is -0.826. The van der Waals surface area contributed by atoms with E-state index in [1.165, 1.54) is 121 Å². The molecule has 0 unspecified atom stereocenters. The number of fused-ring (bicyclic) bond motifs is 5. The maximum atomic E-state index is 4.93. The zero-order chi connectivity index (χ0) is 44.7. The van der Waals surface area contributed by atoms with Gasteiger partial charge in [-0.3, -0.25) is 0 Å². The Morgan fingerprint density at radius 3 is 1.33 bits per heavy atom. The minimum absolute atomic E-state index is 0.795. The van der Waals surface area contributed by atoms with Crippen molar-refractivity contribution in [2.24, 2.45) is 0 Å². The van der Waals surface area contributed by atoms with E-state index in [0.717, 1.165) is 9.52 Å². The van der Waals surface area contributed by atoms with Crippen molar-refractivity contribution in [3.8, 4) is 55.6 Å². The van der Waals surface area contributed by atoms with E-state index in [9.17, 15) is 0 Å². The third kappa shape index (κ3) is 10.3. The molecule has 0 saturated carbocycles. The van der Waals surface area contributed by atoms with Gasteiger partial charge >= 0.3 is 37.9 Å². The van der Waals surface area contributed by atoms with Crippen LogP contribution in [0.5, 0.6) is 0 Å². The SMILES string of the molecule is Cc1cc(C)cc(-c2c(C)ccc3[cH-]c(-c4ccccc4)cc23)c1.Cc1cc(C)cc(-c2c(C)ccc3[cH-]c(-c4ccccc4)cc23)c1.[Cl][Zr][Cl].[c-]1cccc2c1[Si]c1ccccc1-2. The molecule has 0 fully saturated rings. The van der Waals surface area contributed by atoms with E-state index in [0.29, 0.717) is 0 Å². The van der Waals surface area contributed by atoms with Crippen molar-refractivity contribution in [2.45, 2.75) is 41.5 Å². The molecule has 0 bridgehead atoms. The van der Waals surface area contributed by atoms with Gasteiger partial charge in [0.2, 0.25) is 0 Å². The van der Waals surface area contributed by atoms with Gasteiger partial charge in [0.05, 0.1) is 9.52 Å². The van der Waals surface area contributed by atoms with Crippen LogP contribution >= 0.6 is 17.0 Å². The quantitative estimate of drug-likeness (QED) is 0.122. The molecule has 0 saturated heterocycles. The minimum Gasteiger partial charge on any atom is -0.184 e. The summed E-state index contributed by atoms with van der Waals surface area (Å²) in [4.78, 5) is 0. The van der Waals surface area contributed by atoms with Crippen LogP contribution in [0, 0.1) is 47.6 Å². The van der Waals surface area contributed by atoms with Crippen molar-refractivity contribution in [3.63, 3.8) is 0 Å². The first-order chi connectivity index (χ1) is 31.1. The van der Waals surface area contributed by atoms with Crippen LogP contribution < -0.4 is 10.4 Å². The molecule has 314 valence electrons. The first-order valence-electron chi connectivity index (χ1n) is 21.6. The molecule has 4 heteroatoms. The number of hydrogen-bond donors (Lipinski definition) is 0. The summed E-state index contributed by atoms with van der Waals surface area (Å²) in [5.41, 5.74) is 21.2. The van der Waals surface area contributed by atoms with Crippen LogP contribution in [0.3, 0.4) is 0 Å². The van der Waals surface area contributed by atoms with Crippen molar-refractivity contribution in [1.82, 2.24) is 0 Å². The molecule has 2 radical (unpaired) electrons. The van der Waals surface area contributed by atoms with Crippen LogP contribution in [0.2, 0.25) is 0 Å². The van der Waals surface area contributed by atoms with Gasteiger partial charge in [0.15, 0.2) is 0 Å². The largest absolute Gasteiger partial charge is 0.184 e. The molecular formula is C60H49Cl2SiZr-3. The van der Waals surface area contributed by atoms with Gasteiger partial charge in [-0.1, -0.05) is 189 Å². The maximum absolute atomic E-state index is 4.93. The summed E-state index contributed by atoms with van der Waals surface area (Å²) in [6.07, 6.45) is 0. The fraction of sp³-hybridized carbons (Fsp3) is 0.100. The number of hydrogen-bond acceptors (Lipinski definition) is 0. The van der Waals surface area contributed by atoms with Crippen LogP contribution in [-0.4, -0.2) is 9.52 Å². The van der Waals surface area contributed by atoms with Gasteiger partial charge in [0.25, 0.3) is 0 Å². The van der Waals surface area contributed by atoms with Crippen molar-refractivity contribution in [3.05, 3.63) is 228 Å². The molecule has 1 aliphatic heterocycles. The molecule has 0 nitrogen and oxygen atoms in total. The van der Waals surface area contributed by atoms with Gasteiger partial charge in [-0.25, -0.2) is 0 Å². The van der Waals surface area contributed by atoms with Crippen LogP contribution in [0.25, 0.3) is 77.2 Å². The Balaban J connectivity index is 0.000000132. The second-order valence-electron chi connectivity index (χ2n) is 16.7. The van der Waals surface area contributed by atoms with Crippen molar-refractivity contribution in [1.29, 1.82) is 0 Å². The van der Waals surface area contributed by atoms with Gasteiger partial charge in [-0.15, -0.1) is 74.6 Å². The van der Waals surface area contributed by atoms with E-state index in [2.05, 4.69) is 230 Å². The van der Waals surface area contributed by atoms with Crippen LogP contribution in [-0.2, 0) is 20.8 Å². The Bertz CT molecular complexity index is 2940. The predicted octanol–water partition coefficient (Wildman–Crippen LogP) is 16.1. The van der Waals surface area contributed by atoms with Crippen LogP contribution in [0.1, 0.15) is 33.4 Å². The van der Waals surface area contributed by atoms with Gasteiger partial charge in [-0.2, -0.15) is 29.5 Å². The van der Waals surface area contributed by atoms with Gasteiger partial charge in [-0.05, 0) is 63.8 Å². The molecule has 0 spiro atoms. The smallest absolute Gasteiger partial charge is 0.0920 e. The van der Waals surface area contributed by atoms with Gasteiger partial charge < -0.3 is 0 Å². The van der Waals surface area contributed by atoms with Crippen LogP contribution in [0.15, 0.2) is 188 Å². The Kier molecular flexibility index (Phi) is 14.6. The van der Waals surface area contributed by atoms with E-state index >= 15 is 0 Å². The molecule has 0 aromatic heterocycles. The van der Waals surface area contributed by atoms with Crippen molar-refractivity contribution in [2.75, 3.05) is 0 Å². The van der Waals surface area contributed by atoms with Gasteiger partial charge in [0, 0.05) is 0 Å².